The number of rotatable bonds is 4. The summed E-state index contributed by atoms with van der Waals surface area (Å²) in [5.74, 6) is -0.144. The molecule has 0 aliphatic carbocycles. The number of hydrogen-bond acceptors (Lipinski definition) is 5. The summed E-state index contributed by atoms with van der Waals surface area (Å²) in [6, 6.07) is 8.30. The first kappa shape index (κ1) is 16.3. The van der Waals surface area contributed by atoms with E-state index in [2.05, 4.69) is 29.4 Å². The molecule has 0 unspecified atom stereocenters. The number of anilines is 1. The van der Waals surface area contributed by atoms with Crippen molar-refractivity contribution < 1.29 is 9.53 Å². The van der Waals surface area contributed by atoms with Gasteiger partial charge >= 0.3 is 0 Å². The molecule has 1 aliphatic heterocycles. The molecule has 1 atom stereocenters. The first-order valence-electron chi connectivity index (χ1n) is 8.67. The third-order valence-electron chi connectivity index (χ3n) is 4.71. The van der Waals surface area contributed by atoms with E-state index in [1.54, 1.807) is 0 Å². The normalized spacial score (nSPS) is 17.4. The van der Waals surface area contributed by atoms with Gasteiger partial charge in [0.25, 0.3) is 5.91 Å². The predicted octanol–water partition coefficient (Wildman–Crippen LogP) is 3.50. The maximum absolute atomic E-state index is 12.5. The lowest BCUT2D eigenvalue weighted by Gasteiger charge is -2.10. The van der Waals surface area contributed by atoms with Gasteiger partial charge in [-0.2, -0.15) is 0 Å². The van der Waals surface area contributed by atoms with Gasteiger partial charge in [0.15, 0.2) is 0 Å². The van der Waals surface area contributed by atoms with E-state index in [0.29, 0.717) is 17.1 Å². The van der Waals surface area contributed by atoms with Crippen LogP contribution in [0.25, 0.3) is 21.1 Å². The molecular weight excluding hydrogens is 334 g/mol. The van der Waals surface area contributed by atoms with Crippen LogP contribution in [0.1, 0.15) is 35.0 Å². The van der Waals surface area contributed by atoms with Crippen LogP contribution < -0.4 is 11.1 Å². The van der Waals surface area contributed by atoms with Gasteiger partial charge in [-0.25, -0.2) is 4.98 Å². The summed E-state index contributed by atoms with van der Waals surface area (Å²) in [6.07, 6.45) is 3.15. The number of carbonyl (C=O) groups excluding carboxylic acids is 1. The van der Waals surface area contributed by atoms with Gasteiger partial charge in [0.2, 0.25) is 0 Å². The molecule has 1 amide bonds. The second-order valence-corrected chi connectivity index (χ2v) is 7.41. The lowest BCUT2D eigenvalue weighted by atomic mass is 10.1. The topological polar surface area (TPSA) is 77.2 Å². The zero-order valence-electron chi connectivity index (χ0n) is 14.2. The number of aromatic nitrogens is 1. The van der Waals surface area contributed by atoms with Crippen LogP contribution in [0, 0.1) is 0 Å². The van der Waals surface area contributed by atoms with E-state index < -0.39 is 0 Å². The Bertz CT molecular complexity index is 945. The summed E-state index contributed by atoms with van der Waals surface area (Å²) in [4.78, 5) is 18.5. The van der Waals surface area contributed by atoms with Gasteiger partial charge < -0.3 is 15.8 Å². The van der Waals surface area contributed by atoms with Crippen LogP contribution in [-0.4, -0.2) is 30.1 Å². The number of fused-ring (bicyclic) bond motifs is 2. The van der Waals surface area contributed by atoms with Gasteiger partial charge in [0.05, 0.1) is 17.3 Å². The summed E-state index contributed by atoms with van der Waals surface area (Å²) in [5.41, 5.74) is 8.97. The molecule has 2 aromatic heterocycles. The minimum atomic E-state index is -0.144. The van der Waals surface area contributed by atoms with Crippen LogP contribution in [0.2, 0.25) is 0 Å². The monoisotopic (exact) mass is 355 g/mol. The number of ether oxygens (including phenoxy) is 1. The van der Waals surface area contributed by atoms with Crippen LogP contribution >= 0.6 is 11.3 Å². The predicted molar refractivity (Wildman–Crippen MR) is 102 cm³/mol. The van der Waals surface area contributed by atoms with Crippen molar-refractivity contribution in [3.8, 4) is 0 Å². The Morgan fingerprint density at radius 2 is 2.32 bits per heavy atom. The number of carbonyl (C=O) groups is 1. The molecule has 3 N–H and O–H groups in total. The van der Waals surface area contributed by atoms with Crippen LogP contribution in [-0.2, 0) is 11.2 Å². The van der Waals surface area contributed by atoms with Crippen molar-refractivity contribution in [3.05, 3.63) is 34.7 Å². The van der Waals surface area contributed by atoms with Gasteiger partial charge in [0.1, 0.15) is 9.71 Å². The fourth-order valence-electron chi connectivity index (χ4n) is 3.23. The lowest BCUT2D eigenvalue weighted by molar-refractivity contribution is 0.0862. The maximum Gasteiger partial charge on any atom is 0.263 e. The van der Waals surface area contributed by atoms with E-state index >= 15 is 0 Å². The molecule has 0 radical (unpaired) electrons. The summed E-state index contributed by atoms with van der Waals surface area (Å²) in [6.45, 7) is 3.44. The fourth-order valence-corrected chi connectivity index (χ4v) is 4.23. The van der Waals surface area contributed by atoms with Crippen molar-refractivity contribution in [2.24, 2.45) is 0 Å². The molecule has 130 valence electrons. The Labute approximate surface area is 150 Å². The summed E-state index contributed by atoms with van der Waals surface area (Å²) in [7, 11) is 0. The SMILES string of the molecule is CCc1ccc2nc3sc(C(=O)NC[C@@H]4CCCO4)c(N)c3cc2c1. The van der Waals surface area contributed by atoms with E-state index in [9.17, 15) is 4.79 Å². The second kappa shape index (κ2) is 6.61. The van der Waals surface area contributed by atoms with Gasteiger partial charge in [-0.05, 0) is 43.0 Å². The Balaban J connectivity index is 1.66. The number of thiophene rings is 1. The Morgan fingerprint density at radius 1 is 1.44 bits per heavy atom. The smallest absolute Gasteiger partial charge is 0.263 e. The van der Waals surface area contributed by atoms with Gasteiger partial charge in [-0.1, -0.05) is 13.0 Å². The van der Waals surface area contributed by atoms with Crippen molar-refractivity contribution in [2.45, 2.75) is 32.3 Å². The van der Waals surface area contributed by atoms with Gasteiger partial charge in [-0.3, -0.25) is 4.79 Å². The molecule has 1 fully saturated rings. The highest BCUT2D eigenvalue weighted by atomic mass is 32.1. The molecule has 5 nitrogen and oxygen atoms in total. The molecule has 4 rings (SSSR count). The average Bonchev–Trinajstić information content (AvgIpc) is 3.26. The first-order chi connectivity index (χ1) is 12.2. The first-order valence-corrected chi connectivity index (χ1v) is 9.49. The molecule has 1 aromatic carbocycles. The van der Waals surface area contributed by atoms with Crippen LogP contribution in [0.5, 0.6) is 0 Å². The molecule has 0 spiro atoms. The largest absolute Gasteiger partial charge is 0.397 e. The molecule has 3 heterocycles. The number of benzene rings is 1. The molecule has 1 aliphatic rings. The molecule has 0 saturated carbocycles. The number of nitrogens with zero attached hydrogens (tertiary/aromatic N) is 1. The van der Waals surface area contributed by atoms with E-state index in [1.165, 1.54) is 16.9 Å². The molecule has 3 aromatic rings. The zero-order valence-corrected chi connectivity index (χ0v) is 15.0. The Kier molecular flexibility index (Phi) is 4.31. The van der Waals surface area contributed by atoms with Crippen LogP contribution in [0.3, 0.4) is 0 Å². The number of hydrogen-bond donors (Lipinski definition) is 2. The summed E-state index contributed by atoms with van der Waals surface area (Å²) >= 11 is 1.35. The van der Waals surface area contributed by atoms with Crippen LogP contribution in [0.15, 0.2) is 24.3 Å². The maximum atomic E-state index is 12.5. The highest BCUT2D eigenvalue weighted by molar-refractivity contribution is 7.21. The molecule has 6 heteroatoms. The standard InChI is InChI=1S/C19H21N3O2S/c1-2-11-5-6-15-12(8-11)9-14-16(20)17(25-19(14)22-15)18(23)21-10-13-4-3-7-24-13/h5-6,8-9,13H,2-4,7,10,20H2,1H3,(H,21,23)/t13-/m0/s1. The number of nitrogen functional groups attached to an aromatic ring is 1. The van der Waals surface area contributed by atoms with E-state index in [1.807, 2.05) is 12.1 Å². The third-order valence-corrected chi connectivity index (χ3v) is 5.82. The van der Waals surface area contributed by atoms with E-state index in [0.717, 1.165) is 47.0 Å². The molecular formula is C19H21N3O2S. The van der Waals surface area contributed by atoms with Crippen molar-refractivity contribution in [1.29, 1.82) is 0 Å². The molecule has 0 bridgehead atoms. The van der Waals surface area contributed by atoms with E-state index in [4.69, 9.17) is 10.5 Å². The third kappa shape index (κ3) is 3.07. The number of amides is 1. The minimum Gasteiger partial charge on any atom is -0.397 e. The zero-order chi connectivity index (χ0) is 17.4. The van der Waals surface area contributed by atoms with Crippen molar-refractivity contribution in [2.75, 3.05) is 18.9 Å². The summed E-state index contributed by atoms with van der Waals surface area (Å²) in [5, 5.41) is 4.85. The number of pyridine rings is 1. The number of nitrogens with one attached hydrogen (secondary N) is 1. The number of aryl methyl sites for hydroxylation is 1. The number of nitrogens with two attached hydrogens (primary N) is 1. The average molecular weight is 355 g/mol. The quantitative estimate of drug-likeness (QED) is 0.751. The minimum absolute atomic E-state index is 0.118. The van der Waals surface area contributed by atoms with Crippen molar-refractivity contribution >= 4 is 44.1 Å². The molecule has 1 saturated heterocycles. The Hall–Kier alpha value is -2.18. The van der Waals surface area contributed by atoms with Crippen LogP contribution in [0.4, 0.5) is 5.69 Å². The molecule has 25 heavy (non-hydrogen) atoms. The van der Waals surface area contributed by atoms with Gasteiger partial charge in [-0.15, -0.1) is 11.3 Å². The lowest BCUT2D eigenvalue weighted by Crippen LogP contribution is -2.31. The van der Waals surface area contributed by atoms with Crippen molar-refractivity contribution in [1.82, 2.24) is 10.3 Å². The highest BCUT2D eigenvalue weighted by Crippen LogP contribution is 2.34. The van der Waals surface area contributed by atoms with Crippen molar-refractivity contribution in [3.63, 3.8) is 0 Å². The highest BCUT2D eigenvalue weighted by Gasteiger charge is 2.20. The summed E-state index contributed by atoms with van der Waals surface area (Å²) < 4.78 is 5.55. The fraction of sp³-hybridized carbons (Fsp3) is 0.368. The van der Waals surface area contributed by atoms with E-state index in [-0.39, 0.29) is 12.0 Å². The second-order valence-electron chi connectivity index (χ2n) is 6.41. The van der Waals surface area contributed by atoms with Gasteiger partial charge in [0, 0.05) is 23.9 Å². The Morgan fingerprint density at radius 3 is 3.08 bits per heavy atom.